The molecule has 3 rings (SSSR count). The van der Waals surface area contributed by atoms with Crippen molar-refractivity contribution < 1.29 is 4.74 Å². The van der Waals surface area contributed by atoms with Gasteiger partial charge in [-0.15, -0.1) is 0 Å². The van der Waals surface area contributed by atoms with E-state index in [9.17, 15) is 0 Å². The molecule has 1 saturated heterocycles. The van der Waals surface area contributed by atoms with E-state index in [1.165, 1.54) is 24.8 Å². The molecule has 2 heterocycles. The second-order valence-corrected chi connectivity index (χ2v) is 5.55. The highest BCUT2D eigenvalue weighted by Crippen LogP contribution is 2.15. The average Bonchev–Trinajstić information content (AvgIpc) is 2.52. The fraction of sp³-hybridized carbons (Fsp3) is 0.471. The largest absolute Gasteiger partial charge is 0.375 e. The standard InChI is InChI=1S/C17H22N2O/c1-2-6-17-15(5-1)7-8-16(19-17)13-20-11-9-14-4-3-10-18-12-14/h1-2,5-8,14,18H,3-4,9-13H2. The van der Waals surface area contributed by atoms with E-state index >= 15 is 0 Å². The molecule has 106 valence electrons. The Morgan fingerprint density at radius 1 is 1.20 bits per heavy atom. The van der Waals surface area contributed by atoms with E-state index in [-0.39, 0.29) is 0 Å². The number of aromatic nitrogens is 1. The Hall–Kier alpha value is -1.45. The summed E-state index contributed by atoms with van der Waals surface area (Å²) >= 11 is 0. The molecule has 1 fully saturated rings. The summed E-state index contributed by atoms with van der Waals surface area (Å²) in [6.45, 7) is 3.78. The molecular formula is C17H22N2O. The molecule has 20 heavy (non-hydrogen) atoms. The van der Waals surface area contributed by atoms with Gasteiger partial charge in [0.2, 0.25) is 0 Å². The Morgan fingerprint density at radius 2 is 2.15 bits per heavy atom. The van der Waals surface area contributed by atoms with Gasteiger partial charge in [-0.2, -0.15) is 0 Å². The van der Waals surface area contributed by atoms with E-state index in [1.54, 1.807) is 0 Å². The summed E-state index contributed by atoms with van der Waals surface area (Å²) in [5.41, 5.74) is 2.07. The van der Waals surface area contributed by atoms with Gasteiger partial charge >= 0.3 is 0 Å². The van der Waals surface area contributed by atoms with Crippen molar-refractivity contribution in [3.63, 3.8) is 0 Å². The Labute approximate surface area is 120 Å². The molecule has 1 aromatic carbocycles. The third-order valence-electron chi connectivity index (χ3n) is 3.98. The smallest absolute Gasteiger partial charge is 0.0888 e. The van der Waals surface area contributed by atoms with Gasteiger partial charge in [-0.25, -0.2) is 0 Å². The molecule has 1 unspecified atom stereocenters. The lowest BCUT2D eigenvalue weighted by atomic mass is 9.97. The minimum Gasteiger partial charge on any atom is -0.375 e. The number of nitrogens with zero attached hydrogens (tertiary/aromatic N) is 1. The van der Waals surface area contributed by atoms with Crippen LogP contribution < -0.4 is 5.32 Å². The summed E-state index contributed by atoms with van der Waals surface area (Å²) in [7, 11) is 0. The van der Waals surface area contributed by atoms with Crippen molar-refractivity contribution in [2.45, 2.75) is 25.9 Å². The van der Waals surface area contributed by atoms with Gasteiger partial charge in [0.25, 0.3) is 0 Å². The molecule has 1 aromatic heterocycles. The molecule has 0 saturated carbocycles. The first kappa shape index (κ1) is 13.5. The first-order valence-corrected chi connectivity index (χ1v) is 7.55. The predicted octanol–water partition coefficient (Wildman–Crippen LogP) is 3.14. The molecule has 0 amide bonds. The molecule has 1 aliphatic rings. The zero-order valence-corrected chi connectivity index (χ0v) is 11.8. The number of nitrogens with one attached hydrogen (secondary N) is 1. The second kappa shape index (κ2) is 6.82. The monoisotopic (exact) mass is 270 g/mol. The van der Waals surface area contributed by atoms with Gasteiger partial charge in [0.05, 0.1) is 17.8 Å². The van der Waals surface area contributed by atoms with Gasteiger partial charge in [-0.1, -0.05) is 24.3 Å². The van der Waals surface area contributed by atoms with Gasteiger partial charge in [-0.3, -0.25) is 4.98 Å². The normalized spacial score (nSPS) is 19.3. The number of pyridine rings is 1. The molecule has 0 spiro atoms. The molecule has 3 heteroatoms. The molecule has 0 aliphatic carbocycles. The van der Waals surface area contributed by atoms with Crippen molar-refractivity contribution in [3.8, 4) is 0 Å². The minimum absolute atomic E-state index is 0.616. The second-order valence-electron chi connectivity index (χ2n) is 5.55. The van der Waals surface area contributed by atoms with Crippen LogP contribution in [0, 0.1) is 5.92 Å². The maximum atomic E-state index is 5.78. The molecule has 2 aromatic rings. The lowest BCUT2D eigenvalue weighted by molar-refractivity contribution is 0.101. The third kappa shape index (κ3) is 3.56. The molecule has 1 N–H and O–H groups in total. The first-order valence-electron chi connectivity index (χ1n) is 7.55. The number of fused-ring (bicyclic) bond motifs is 1. The maximum absolute atomic E-state index is 5.78. The van der Waals surface area contributed by atoms with Gasteiger partial charge in [0.15, 0.2) is 0 Å². The van der Waals surface area contributed by atoms with Crippen molar-refractivity contribution in [3.05, 3.63) is 42.1 Å². The summed E-state index contributed by atoms with van der Waals surface area (Å²) in [6.07, 6.45) is 3.79. The van der Waals surface area contributed by atoms with Crippen LogP contribution in [0.3, 0.4) is 0 Å². The number of hydrogen-bond acceptors (Lipinski definition) is 3. The van der Waals surface area contributed by atoms with E-state index in [0.29, 0.717) is 6.61 Å². The topological polar surface area (TPSA) is 34.1 Å². The number of benzene rings is 1. The van der Waals surface area contributed by atoms with Crippen LogP contribution >= 0.6 is 0 Å². The number of hydrogen-bond donors (Lipinski definition) is 1. The van der Waals surface area contributed by atoms with Crippen LogP contribution in [0.2, 0.25) is 0 Å². The van der Waals surface area contributed by atoms with E-state index in [2.05, 4.69) is 28.5 Å². The van der Waals surface area contributed by atoms with E-state index < -0.39 is 0 Å². The summed E-state index contributed by atoms with van der Waals surface area (Å²) < 4.78 is 5.78. The summed E-state index contributed by atoms with van der Waals surface area (Å²) in [5, 5.41) is 4.63. The maximum Gasteiger partial charge on any atom is 0.0888 e. The lowest BCUT2D eigenvalue weighted by Crippen LogP contribution is -2.30. The summed E-state index contributed by atoms with van der Waals surface area (Å²) in [6, 6.07) is 12.4. The van der Waals surface area contributed by atoms with Gasteiger partial charge in [0.1, 0.15) is 0 Å². The Morgan fingerprint density at radius 3 is 3.05 bits per heavy atom. The van der Waals surface area contributed by atoms with Crippen LogP contribution in [-0.2, 0) is 11.3 Å². The van der Waals surface area contributed by atoms with Crippen molar-refractivity contribution >= 4 is 10.9 Å². The van der Waals surface area contributed by atoms with Gasteiger partial charge in [0, 0.05) is 12.0 Å². The van der Waals surface area contributed by atoms with Crippen LogP contribution in [0.5, 0.6) is 0 Å². The molecular weight excluding hydrogens is 248 g/mol. The third-order valence-corrected chi connectivity index (χ3v) is 3.98. The molecule has 1 aliphatic heterocycles. The van der Waals surface area contributed by atoms with Crippen molar-refractivity contribution in [2.24, 2.45) is 5.92 Å². The van der Waals surface area contributed by atoms with Gasteiger partial charge in [-0.05, 0) is 50.4 Å². The van der Waals surface area contributed by atoms with Crippen LogP contribution in [0.4, 0.5) is 0 Å². The van der Waals surface area contributed by atoms with Crippen LogP contribution in [0.15, 0.2) is 36.4 Å². The van der Waals surface area contributed by atoms with E-state index in [4.69, 9.17) is 4.74 Å². The Kier molecular flexibility index (Phi) is 4.61. The molecule has 0 radical (unpaired) electrons. The van der Waals surface area contributed by atoms with Crippen molar-refractivity contribution in [2.75, 3.05) is 19.7 Å². The highest BCUT2D eigenvalue weighted by molar-refractivity contribution is 5.78. The van der Waals surface area contributed by atoms with Crippen LogP contribution in [-0.4, -0.2) is 24.7 Å². The zero-order chi connectivity index (χ0) is 13.6. The Bertz CT molecular complexity index is 549. The number of ether oxygens (including phenoxy) is 1. The highest BCUT2D eigenvalue weighted by Gasteiger charge is 2.12. The number of piperidine rings is 1. The van der Waals surface area contributed by atoms with Gasteiger partial charge < -0.3 is 10.1 Å². The lowest BCUT2D eigenvalue weighted by Gasteiger charge is -2.22. The summed E-state index contributed by atoms with van der Waals surface area (Å²) in [5.74, 6) is 0.785. The van der Waals surface area contributed by atoms with Crippen molar-refractivity contribution in [1.29, 1.82) is 0 Å². The fourth-order valence-electron chi connectivity index (χ4n) is 2.79. The average molecular weight is 270 g/mol. The quantitative estimate of drug-likeness (QED) is 0.848. The molecule has 3 nitrogen and oxygen atoms in total. The van der Waals surface area contributed by atoms with E-state index in [0.717, 1.165) is 36.7 Å². The predicted molar refractivity (Wildman–Crippen MR) is 81.6 cm³/mol. The molecule has 0 bridgehead atoms. The van der Waals surface area contributed by atoms with Crippen molar-refractivity contribution in [1.82, 2.24) is 10.3 Å². The first-order chi connectivity index (χ1) is 9.92. The number of para-hydroxylation sites is 1. The van der Waals surface area contributed by atoms with Crippen LogP contribution in [0.1, 0.15) is 25.0 Å². The number of rotatable bonds is 5. The highest BCUT2D eigenvalue weighted by atomic mass is 16.5. The molecule has 1 atom stereocenters. The van der Waals surface area contributed by atoms with Crippen LogP contribution in [0.25, 0.3) is 10.9 Å². The zero-order valence-electron chi connectivity index (χ0n) is 11.8. The fourth-order valence-corrected chi connectivity index (χ4v) is 2.79. The Balaban J connectivity index is 1.47. The van der Waals surface area contributed by atoms with E-state index in [1.807, 2.05) is 18.2 Å². The SMILES string of the molecule is c1ccc2nc(COCCC3CCCNC3)ccc2c1. The minimum atomic E-state index is 0.616. The summed E-state index contributed by atoms with van der Waals surface area (Å²) in [4.78, 5) is 4.62.